The minimum atomic E-state index is -0.721. The van der Waals surface area contributed by atoms with Crippen molar-refractivity contribution in [2.45, 2.75) is 25.8 Å². The molecule has 7 nitrogen and oxygen atoms in total. The van der Waals surface area contributed by atoms with Crippen LogP contribution in [0.15, 0.2) is 35.3 Å². The maximum Gasteiger partial charge on any atom is 0.328 e. The Morgan fingerprint density at radius 3 is 2.48 bits per heavy atom. The second-order valence-corrected chi connectivity index (χ2v) is 4.59. The van der Waals surface area contributed by atoms with Crippen LogP contribution in [0.4, 0.5) is 0 Å². The molecular formula is C15H22N4NaO3. The largest absolute Gasteiger partial charge is 0.464 e. The molecule has 1 amide bonds. The molecule has 0 fully saturated rings. The van der Waals surface area contributed by atoms with Gasteiger partial charge in [0.2, 0.25) is 0 Å². The summed E-state index contributed by atoms with van der Waals surface area (Å²) < 4.78 is 4.98. The third kappa shape index (κ3) is 8.59. The third-order valence-corrected chi connectivity index (χ3v) is 2.86. The Labute approximate surface area is 158 Å². The topological polar surface area (TPSA) is 120 Å². The average Bonchev–Trinajstić information content (AvgIpc) is 2.51. The SMILES string of the molecule is CCOC(=O)[C@H](CCCN=C(N)N)NC(=O)c1ccccc1.[Na]. The van der Waals surface area contributed by atoms with Gasteiger partial charge in [-0.15, -0.1) is 0 Å². The number of guanidine groups is 1. The normalized spacial score (nSPS) is 10.8. The van der Waals surface area contributed by atoms with Gasteiger partial charge in [-0.1, -0.05) is 18.2 Å². The molecule has 0 saturated heterocycles. The van der Waals surface area contributed by atoms with Gasteiger partial charge < -0.3 is 21.5 Å². The van der Waals surface area contributed by atoms with Gasteiger partial charge in [-0.2, -0.15) is 0 Å². The first kappa shape index (κ1) is 21.4. The van der Waals surface area contributed by atoms with Crippen molar-refractivity contribution >= 4 is 47.4 Å². The molecule has 0 heterocycles. The summed E-state index contributed by atoms with van der Waals surface area (Å²) >= 11 is 0. The van der Waals surface area contributed by atoms with Gasteiger partial charge in [0.25, 0.3) is 5.91 Å². The van der Waals surface area contributed by atoms with Crippen LogP contribution in [0.5, 0.6) is 0 Å². The van der Waals surface area contributed by atoms with Crippen LogP contribution in [0.3, 0.4) is 0 Å². The number of ether oxygens (including phenoxy) is 1. The third-order valence-electron chi connectivity index (χ3n) is 2.86. The van der Waals surface area contributed by atoms with Gasteiger partial charge in [0, 0.05) is 41.7 Å². The molecular weight excluding hydrogens is 307 g/mol. The fraction of sp³-hybridized carbons (Fsp3) is 0.400. The number of nitrogens with zero attached hydrogens (tertiary/aromatic N) is 1. The molecule has 0 bridgehead atoms. The van der Waals surface area contributed by atoms with Crippen LogP contribution in [-0.4, -0.2) is 66.6 Å². The van der Waals surface area contributed by atoms with Crippen LogP contribution < -0.4 is 16.8 Å². The number of esters is 1. The number of carbonyl (C=O) groups is 2. The van der Waals surface area contributed by atoms with Crippen molar-refractivity contribution in [1.82, 2.24) is 5.32 Å². The van der Waals surface area contributed by atoms with E-state index in [9.17, 15) is 9.59 Å². The molecule has 1 aromatic rings. The zero-order valence-corrected chi connectivity index (χ0v) is 15.6. The van der Waals surface area contributed by atoms with Gasteiger partial charge in [-0.05, 0) is 31.9 Å². The number of rotatable bonds is 8. The molecule has 23 heavy (non-hydrogen) atoms. The van der Waals surface area contributed by atoms with Crippen molar-refractivity contribution in [3.8, 4) is 0 Å². The zero-order chi connectivity index (χ0) is 16.4. The Morgan fingerprint density at radius 1 is 1.26 bits per heavy atom. The van der Waals surface area contributed by atoms with Crippen LogP contribution >= 0.6 is 0 Å². The van der Waals surface area contributed by atoms with Gasteiger partial charge in [0.15, 0.2) is 5.96 Å². The van der Waals surface area contributed by atoms with Crippen molar-refractivity contribution in [1.29, 1.82) is 0 Å². The van der Waals surface area contributed by atoms with E-state index in [1.807, 2.05) is 6.07 Å². The molecule has 121 valence electrons. The second kappa shape index (κ2) is 11.9. The maximum absolute atomic E-state index is 12.1. The first-order valence-electron chi connectivity index (χ1n) is 7.12. The van der Waals surface area contributed by atoms with Gasteiger partial charge in [-0.3, -0.25) is 9.79 Å². The molecule has 0 aliphatic carbocycles. The molecule has 1 rings (SSSR count). The number of nitrogens with one attached hydrogen (secondary N) is 1. The Hall–Kier alpha value is -1.57. The van der Waals surface area contributed by atoms with Crippen molar-refractivity contribution in [3.05, 3.63) is 35.9 Å². The van der Waals surface area contributed by atoms with Crippen molar-refractivity contribution in [2.75, 3.05) is 13.2 Å². The minimum Gasteiger partial charge on any atom is -0.464 e. The number of aliphatic imine (C=N–C) groups is 1. The van der Waals surface area contributed by atoms with Crippen molar-refractivity contribution in [3.63, 3.8) is 0 Å². The van der Waals surface area contributed by atoms with Gasteiger partial charge in [-0.25, -0.2) is 4.79 Å². The maximum atomic E-state index is 12.1. The van der Waals surface area contributed by atoms with E-state index in [0.29, 0.717) is 24.9 Å². The first-order valence-corrected chi connectivity index (χ1v) is 7.12. The summed E-state index contributed by atoms with van der Waals surface area (Å²) in [6.45, 7) is 2.36. The minimum absolute atomic E-state index is 0. The summed E-state index contributed by atoms with van der Waals surface area (Å²) in [7, 11) is 0. The molecule has 1 radical (unpaired) electrons. The van der Waals surface area contributed by atoms with E-state index in [1.54, 1.807) is 31.2 Å². The first-order chi connectivity index (χ1) is 10.5. The van der Waals surface area contributed by atoms with E-state index in [1.165, 1.54) is 0 Å². The fourth-order valence-corrected chi connectivity index (χ4v) is 1.83. The molecule has 8 heteroatoms. The second-order valence-electron chi connectivity index (χ2n) is 4.59. The summed E-state index contributed by atoms with van der Waals surface area (Å²) in [5.74, 6) is -0.780. The Morgan fingerprint density at radius 2 is 1.91 bits per heavy atom. The van der Waals surface area contributed by atoms with Crippen LogP contribution in [0.25, 0.3) is 0 Å². The van der Waals surface area contributed by atoms with E-state index < -0.39 is 12.0 Å². The molecule has 1 atom stereocenters. The summed E-state index contributed by atoms with van der Waals surface area (Å²) in [6.07, 6.45) is 0.949. The number of hydrogen-bond acceptors (Lipinski definition) is 4. The number of amides is 1. The summed E-state index contributed by atoms with van der Waals surface area (Å²) in [6, 6.07) is 7.96. The monoisotopic (exact) mass is 329 g/mol. The van der Waals surface area contributed by atoms with Crippen LogP contribution in [0, 0.1) is 0 Å². The number of carbonyl (C=O) groups excluding carboxylic acids is 2. The summed E-state index contributed by atoms with van der Waals surface area (Å²) in [5, 5.41) is 2.68. The standard InChI is InChI=1S/C15H22N4O3.Na/c1-2-22-14(21)12(9-6-10-18-15(16)17)19-13(20)11-7-4-3-5-8-11;/h3-5,7-8,12H,2,6,9-10H2,1H3,(H,19,20)(H4,16,17,18);/t12-;/m0./s1. The molecule has 0 aromatic heterocycles. The molecule has 0 unspecified atom stereocenters. The predicted molar refractivity (Wildman–Crippen MR) is 90.0 cm³/mol. The molecule has 0 aliphatic heterocycles. The van der Waals surface area contributed by atoms with E-state index in [0.717, 1.165) is 0 Å². The Balaban J connectivity index is 0.00000484. The summed E-state index contributed by atoms with van der Waals surface area (Å²) in [5.41, 5.74) is 11.0. The van der Waals surface area contributed by atoms with E-state index in [4.69, 9.17) is 16.2 Å². The number of benzene rings is 1. The number of nitrogens with two attached hydrogens (primary N) is 2. The summed E-state index contributed by atoms with van der Waals surface area (Å²) in [4.78, 5) is 27.9. The molecule has 5 N–H and O–H groups in total. The molecule has 0 aliphatic rings. The van der Waals surface area contributed by atoms with Gasteiger partial charge in [0.05, 0.1) is 6.61 Å². The van der Waals surface area contributed by atoms with Crippen LogP contribution in [0.1, 0.15) is 30.1 Å². The average molecular weight is 329 g/mol. The zero-order valence-electron chi connectivity index (χ0n) is 13.6. The molecule has 0 saturated carbocycles. The van der Waals surface area contributed by atoms with Gasteiger partial charge in [0.1, 0.15) is 6.04 Å². The quantitative estimate of drug-likeness (QED) is 0.204. The predicted octanol–water partition coefficient (Wildman–Crippen LogP) is 0.0209. The smallest absolute Gasteiger partial charge is 0.328 e. The van der Waals surface area contributed by atoms with Gasteiger partial charge >= 0.3 is 5.97 Å². The van der Waals surface area contributed by atoms with E-state index in [2.05, 4.69) is 10.3 Å². The van der Waals surface area contributed by atoms with E-state index >= 15 is 0 Å². The van der Waals surface area contributed by atoms with Crippen molar-refractivity contribution in [2.24, 2.45) is 16.5 Å². The van der Waals surface area contributed by atoms with Crippen molar-refractivity contribution < 1.29 is 14.3 Å². The van der Waals surface area contributed by atoms with E-state index in [-0.39, 0.29) is 48.0 Å². The Kier molecular flexibility index (Phi) is 11.1. The van der Waals surface area contributed by atoms with Crippen LogP contribution in [-0.2, 0) is 9.53 Å². The molecule has 1 aromatic carbocycles. The Bertz CT molecular complexity index is 519. The number of hydrogen-bond donors (Lipinski definition) is 3. The fourth-order valence-electron chi connectivity index (χ4n) is 1.83. The van der Waals surface area contributed by atoms with Crippen LogP contribution in [0.2, 0.25) is 0 Å². The molecule has 0 spiro atoms.